The van der Waals surface area contributed by atoms with Gasteiger partial charge in [0.2, 0.25) is 0 Å². The maximum Gasteiger partial charge on any atom is 0.146 e. The molecule has 0 aliphatic rings. The summed E-state index contributed by atoms with van der Waals surface area (Å²) in [7, 11) is 0. The van der Waals surface area contributed by atoms with E-state index >= 15 is 0 Å². The highest BCUT2D eigenvalue weighted by molar-refractivity contribution is 9.10. The largest absolute Gasteiger partial charge is 0.377 e. The quantitative estimate of drug-likeness (QED) is 0.913. The van der Waals surface area contributed by atoms with Crippen molar-refractivity contribution in [3.8, 4) is 0 Å². The molecule has 0 fully saturated rings. The molecular weight excluding hydrogens is 304 g/mol. The minimum Gasteiger partial charge on any atom is -0.377 e. The second-order valence-electron chi connectivity index (χ2n) is 4.69. The molecule has 0 aliphatic heterocycles. The Morgan fingerprint density at radius 1 is 1.32 bits per heavy atom. The van der Waals surface area contributed by atoms with E-state index in [0.717, 1.165) is 29.0 Å². The molecule has 1 aromatic heterocycles. The van der Waals surface area contributed by atoms with Gasteiger partial charge in [-0.3, -0.25) is 0 Å². The highest BCUT2D eigenvalue weighted by atomic mass is 79.9. The van der Waals surface area contributed by atoms with Crippen molar-refractivity contribution in [2.45, 2.75) is 40.3 Å². The van der Waals surface area contributed by atoms with E-state index in [1.165, 1.54) is 11.1 Å². The highest BCUT2D eigenvalue weighted by Crippen LogP contribution is 2.28. The Hall–Kier alpha value is -1.36. The smallest absolute Gasteiger partial charge is 0.146 e. The maximum absolute atomic E-state index is 4.30. The van der Waals surface area contributed by atoms with Crippen molar-refractivity contribution < 1.29 is 0 Å². The molecule has 1 N–H and O–H groups in total. The van der Waals surface area contributed by atoms with Crippen LogP contribution < -0.4 is 5.32 Å². The number of hydrogen-bond donors (Lipinski definition) is 1. The van der Waals surface area contributed by atoms with E-state index < -0.39 is 0 Å². The number of benzene rings is 1. The first-order chi connectivity index (χ1) is 9.11. The third-order valence-corrected chi connectivity index (χ3v) is 3.61. The number of nitrogens with zero attached hydrogens (tertiary/aromatic N) is 3. The lowest BCUT2D eigenvalue weighted by atomic mass is 10.1. The molecule has 4 nitrogen and oxygen atoms in total. The van der Waals surface area contributed by atoms with E-state index in [1.54, 1.807) is 6.33 Å². The fourth-order valence-corrected chi connectivity index (χ4v) is 2.94. The van der Waals surface area contributed by atoms with Crippen molar-refractivity contribution in [1.82, 2.24) is 14.8 Å². The Labute approximate surface area is 122 Å². The molecular formula is C14H19BrN4. The Balaban J connectivity index is 2.12. The lowest BCUT2D eigenvalue weighted by molar-refractivity contribution is 0.574. The molecule has 0 aliphatic carbocycles. The average molecular weight is 323 g/mol. The van der Waals surface area contributed by atoms with Crippen LogP contribution in [0, 0.1) is 13.8 Å². The summed E-state index contributed by atoms with van der Waals surface area (Å²) in [5.74, 6) is 0.966. The number of nitrogens with one attached hydrogen (secondary N) is 1. The minimum atomic E-state index is 0.683. The van der Waals surface area contributed by atoms with Crippen molar-refractivity contribution in [1.29, 1.82) is 0 Å². The zero-order valence-corrected chi connectivity index (χ0v) is 13.2. The van der Waals surface area contributed by atoms with Gasteiger partial charge < -0.3 is 5.32 Å². The van der Waals surface area contributed by atoms with Crippen LogP contribution in [0.15, 0.2) is 22.9 Å². The van der Waals surface area contributed by atoms with Gasteiger partial charge in [-0.25, -0.2) is 9.67 Å². The molecule has 0 radical (unpaired) electrons. The Bertz CT molecular complexity index is 539. The Kier molecular flexibility index (Phi) is 4.58. The van der Waals surface area contributed by atoms with Gasteiger partial charge in [0.15, 0.2) is 0 Å². The summed E-state index contributed by atoms with van der Waals surface area (Å²) < 4.78 is 3.04. The Morgan fingerprint density at radius 2 is 2.11 bits per heavy atom. The number of hydrogen-bond acceptors (Lipinski definition) is 3. The molecule has 102 valence electrons. The third kappa shape index (κ3) is 3.35. The van der Waals surface area contributed by atoms with Crippen molar-refractivity contribution in [2.75, 3.05) is 5.32 Å². The molecule has 1 aromatic carbocycles. The van der Waals surface area contributed by atoms with E-state index in [9.17, 15) is 0 Å². The summed E-state index contributed by atoms with van der Waals surface area (Å²) in [5, 5.41) is 7.67. The first kappa shape index (κ1) is 14.1. The van der Waals surface area contributed by atoms with E-state index in [1.807, 2.05) is 4.68 Å². The fourth-order valence-electron chi connectivity index (χ4n) is 2.13. The molecule has 0 amide bonds. The van der Waals surface area contributed by atoms with Crippen LogP contribution in [0.5, 0.6) is 0 Å². The molecule has 0 spiro atoms. The predicted molar refractivity (Wildman–Crippen MR) is 81.3 cm³/mol. The minimum absolute atomic E-state index is 0.683. The summed E-state index contributed by atoms with van der Waals surface area (Å²) in [4.78, 5) is 4.30. The average Bonchev–Trinajstić information content (AvgIpc) is 2.76. The van der Waals surface area contributed by atoms with E-state index in [0.29, 0.717) is 6.54 Å². The second-order valence-corrected chi connectivity index (χ2v) is 5.55. The van der Waals surface area contributed by atoms with Crippen LogP contribution in [0.4, 0.5) is 5.69 Å². The fraction of sp³-hybridized carbons (Fsp3) is 0.429. The van der Waals surface area contributed by atoms with Crippen molar-refractivity contribution in [2.24, 2.45) is 0 Å². The normalized spacial score (nSPS) is 10.7. The standard InChI is InChI=1S/C14H19BrN4/c1-4-5-19-13(17-9-18-19)8-16-14-11(3)6-10(2)7-12(14)15/h6-7,9,16H,4-5,8H2,1-3H3. The van der Waals surface area contributed by atoms with Gasteiger partial charge in [-0.15, -0.1) is 0 Å². The lowest BCUT2D eigenvalue weighted by Gasteiger charge is -2.13. The topological polar surface area (TPSA) is 42.7 Å². The summed E-state index contributed by atoms with van der Waals surface area (Å²) in [5.41, 5.74) is 3.61. The molecule has 1 heterocycles. The van der Waals surface area contributed by atoms with Crippen LogP contribution in [-0.2, 0) is 13.1 Å². The van der Waals surface area contributed by atoms with Gasteiger partial charge in [-0.1, -0.05) is 13.0 Å². The van der Waals surface area contributed by atoms with Crippen LogP contribution in [-0.4, -0.2) is 14.8 Å². The van der Waals surface area contributed by atoms with E-state index in [4.69, 9.17) is 0 Å². The first-order valence-electron chi connectivity index (χ1n) is 6.49. The zero-order chi connectivity index (χ0) is 13.8. The van der Waals surface area contributed by atoms with Gasteiger partial charge in [-0.2, -0.15) is 5.10 Å². The third-order valence-electron chi connectivity index (χ3n) is 2.99. The van der Waals surface area contributed by atoms with Crippen LogP contribution in [0.3, 0.4) is 0 Å². The van der Waals surface area contributed by atoms with Crippen molar-refractivity contribution >= 4 is 21.6 Å². The SMILES string of the molecule is CCCn1ncnc1CNc1c(C)cc(C)cc1Br. The molecule has 5 heteroatoms. The summed E-state index contributed by atoms with van der Waals surface area (Å²) in [6, 6.07) is 4.29. The first-order valence-corrected chi connectivity index (χ1v) is 7.28. The zero-order valence-electron chi connectivity index (χ0n) is 11.6. The van der Waals surface area contributed by atoms with Gasteiger partial charge in [0.1, 0.15) is 12.2 Å². The summed E-state index contributed by atoms with van der Waals surface area (Å²) >= 11 is 3.61. The van der Waals surface area contributed by atoms with Crippen LogP contribution in [0.1, 0.15) is 30.3 Å². The van der Waals surface area contributed by atoms with Gasteiger partial charge in [0, 0.05) is 11.0 Å². The molecule has 0 unspecified atom stereocenters. The number of aromatic nitrogens is 3. The highest BCUT2D eigenvalue weighted by Gasteiger charge is 2.07. The molecule has 0 atom stereocenters. The molecule has 2 aromatic rings. The molecule has 19 heavy (non-hydrogen) atoms. The molecule has 0 saturated heterocycles. The molecule has 2 rings (SSSR count). The second kappa shape index (κ2) is 6.19. The predicted octanol–water partition coefficient (Wildman–Crippen LogP) is 3.68. The van der Waals surface area contributed by atoms with Crippen LogP contribution >= 0.6 is 15.9 Å². The van der Waals surface area contributed by atoms with E-state index in [-0.39, 0.29) is 0 Å². The number of anilines is 1. The summed E-state index contributed by atoms with van der Waals surface area (Å²) in [6.45, 7) is 7.93. The van der Waals surface area contributed by atoms with Gasteiger partial charge in [-0.05, 0) is 53.4 Å². The maximum atomic E-state index is 4.30. The molecule has 0 saturated carbocycles. The van der Waals surface area contributed by atoms with E-state index in [2.05, 4.69) is 64.2 Å². The number of aryl methyl sites for hydroxylation is 3. The lowest BCUT2D eigenvalue weighted by Crippen LogP contribution is -2.11. The summed E-state index contributed by atoms with van der Waals surface area (Å²) in [6.07, 6.45) is 2.67. The van der Waals surface area contributed by atoms with Crippen LogP contribution in [0.25, 0.3) is 0 Å². The van der Waals surface area contributed by atoms with Crippen molar-refractivity contribution in [3.63, 3.8) is 0 Å². The van der Waals surface area contributed by atoms with Crippen molar-refractivity contribution in [3.05, 3.63) is 39.9 Å². The van der Waals surface area contributed by atoms with Crippen LogP contribution in [0.2, 0.25) is 0 Å². The van der Waals surface area contributed by atoms with Gasteiger partial charge in [0.25, 0.3) is 0 Å². The molecule has 0 bridgehead atoms. The van der Waals surface area contributed by atoms with Gasteiger partial charge >= 0.3 is 0 Å². The van der Waals surface area contributed by atoms with Gasteiger partial charge in [0.05, 0.1) is 12.2 Å². The number of halogens is 1. The monoisotopic (exact) mass is 322 g/mol. The Morgan fingerprint density at radius 3 is 2.79 bits per heavy atom. The number of rotatable bonds is 5.